The number of cyclic esters (lactones) is 1. The van der Waals surface area contributed by atoms with Gasteiger partial charge in [0, 0.05) is 6.42 Å². The van der Waals surface area contributed by atoms with Gasteiger partial charge in [0.2, 0.25) is 0 Å². The van der Waals surface area contributed by atoms with Crippen LogP contribution in [0.15, 0.2) is 46.3 Å². The first kappa shape index (κ1) is 23.3. The van der Waals surface area contributed by atoms with E-state index in [4.69, 9.17) is 9.47 Å². The molecule has 3 heteroatoms. The fourth-order valence-electron chi connectivity index (χ4n) is 2.88. The highest BCUT2D eigenvalue weighted by Gasteiger charge is 2.33. The Morgan fingerprint density at radius 1 is 1.07 bits per heavy atom. The van der Waals surface area contributed by atoms with Gasteiger partial charge in [0.15, 0.2) is 6.10 Å². The molecule has 0 radical (unpaired) electrons. The predicted molar refractivity (Wildman–Crippen MR) is 113 cm³/mol. The average molecular weight is 375 g/mol. The predicted octanol–water partition coefficient (Wildman–Crippen LogP) is 6.81. The molecule has 0 aromatic rings. The van der Waals surface area contributed by atoms with E-state index in [1.54, 1.807) is 6.92 Å². The number of esters is 1. The lowest BCUT2D eigenvalue weighted by Crippen LogP contribution is -2.16. The molecule has 0 amide bonds. The number of hydrogen-bond donors (Lipinski definition) is 0. The summed E-state index contributed by atoms with van der Waals surface area (Å²) in [5.74, 6) is 0.465. The van der Waals surface area contributed by atoms with Gasteiger partial charge < -0.3 is 9.47 Å². The summed E-state index contributed by atoms with van der Waals surface area (Å²) < 4.78 is 11.4. The average Bonchev–Trinajstić information content (AvgIpc) is 2.87. The second kappa shape index (κ2) is 11.8. The first-order valence-electron chi connectivity index (χ1n) is 10.3. The van der Waals surface area contributed by atoms with Crippen LogP contribution in [0.1, 0.15) is 87.0 Å². The van der Waals surface area contributed by atoms with Crippen molar-refractivity contribution in [1.82, 2.24) is 0 Å². The summed E-state index contributed by atoms with van der Waals surface area (Å²) in [7, 11) is 0. The van der Waals surface area contributed by atoms with E-state index >= 15 is 0 Å². The molecule has 3 nitrogen and oxygen atoms in total. The summed E-state index contributed by atoms with van der Waals surface area (Å²) in [4.78, 5) is 11.9. The number of allylic oxidation sites excluding steroid dienone is 5. The second-order valence-electron chi connectivity index (χ2n) is 7.92. The molecule has 1 aliphatic heterocycles. The van der Waals surface area contributed by atoms with Crippen molar-refractivity contribution in [2.75, 3.05) is 0 Å². The van der Waals surface area contributed by atoms with Crippen LogP contribution in [0.3, 0.4) is 0 Å². The molecule has 0 N–H and O–H groups in total. The fourth-order valence-corrected chi connectivity index (χ4v) is 2.88. The third-order valence-corrected chi connectivity index (χ3v) is 4.92. The van der Waals surface area contributed by atoms with Gasteiger partial charge in [0.1, 0.15) is 5.76 Å². The highest BCUT2D eigenvalue weighted by molar-refractivity contribution is 5.91. The fraction of sp³-hybridized carbons (Fsp3) is 0.625. The minimum atomic E-state index is -0.275. The van der Waals surface area contributed by atoms with E-state index in [1.165, 1.54) is 16.7 Å². The normalized spacial score (nSPS) is 19.2. The molecule has 0 saturated carbocycles. The van der Waals surface area contributed by atoms with Crippen molar-refractivity contribution < 1.29 is 14.3 Å². The third kappa shape index (κ3) is 8.64. The van der Waals surface area contributed by atoms with Crippen molar-refractivity contribution in [3.8, 4) is 0 Å². The molecule has 1 rings (SSSR count). The van der Waals surface area contributed by atoms with Crippen LogP contribution >= 0.6 is 0 Å². The van der Waals surface area contributed by atoms with Gasteiger partial charge in [-0.05, 0) is 73.6 Å². The van der Waals surface area contributed by atoms with E-state index in [0.717, 1.165) is 32.1 Å². The summed E-state index contributed by atoms with van der Waals surface area (Å²) in [6, 6.07) is 0. The number of rotatable bonds is 11. The van der Waals surface area contributed by atoms with Gasteiger partial charge >= 0.3 is 5.97 Å². The first-order chi connectivity index (χ1) is 12.7. The molecule has 1 heterocycles. The summed E-state index contributed by atoms with van der Waals surface area (Å²) in [6.45, 7) is 14.5. The highest BCUT2D eigenvalue weighted by atomic mass is 16.6. The lowest BCUT2D eigenvalue weighted by Gasteiger charge is -2.18. The zero-order valence-electron chi connectivity index (χ0n) is 18.4. The van der Waals surface area contributed by atoms with Gasteiger partial charge in [-0.25, -0.2) is 4.79 Å². The largest absolute Gasteiger partial charge is 0.491 e. The molecule has 0 aromatic carbocycles. The van der Waals surface area contributed by atoms with Crippen molar-refractivity contribution in [3.63, 3.8) is 0 Å². The topological polar surface area (TPSA) is 35.5 Å². The highest BCUT2D eigenvalue weighted by Crippen LogP contribution is 2.28. The van der Waals surface area contributed by atoms with Crippen LogP contribution in [0.4, 0.5) is 0 Å². The van der Waals surface area contributed by atoms with Crippen LogP contribution in [0.25, 0.3) is 0 Å². The molecular weight excluding hydrogens is 336 g/mol. The molecule has 0 spiro atoms. The Balaban J connectivity index is 2.51. The van der Waals surface area contributed by atoms with Gasteiger partial charge in [-0.1, -0.05) is 41.9 Å². The molecule has 0 saturated heterocycles. The summed E-state index contributed by atoms with van der Waals surface area (Å²) >= 11 is 0. The SMILES string of the molecule is CCC(C)OC1=C(C)C(=O)OC1C/C=C(\C)CC/C=C(\C)CCC=C(C)C. The monoisotopic (exact) mass is 374 g/mol. The summed E-state index contributed by atoms with van der Waals surface area (Å²) in [5.41, 5.74) is 4.77. The molecule has 2 unspecified atom stereocenters. The molecule has 0 aliphatic carbocycles. The van der Waals surface area contributed by atoms with Gasteiger partial charge in [-0.2, -0.15) is 0 Å². The van der Waals surface area contributed by atoms with Crippen molar-refractivity contribution in [2.45, 2.75) is 99.2 Å². The number of carbonyl (C=O) groups is 1. The second-order valence-corrected chi connectivity index (χ2v) is 7.92. The Labute approximate surface area is 166 Å². The van der Waals surface area contributed by atoms with Gasteiger partial charge in [0.25, 0.3) is 0 Å². The van der Waals surface area contributed by atoms with Crippen LogP contribution in [0.5, 0.6) is 0 Å². The summed E-state index contributed by atoms with van der Waals surface area (Å²) in [6.07, 6.45) is 12.6. The third-order valence-electron chi connectivity index (χ3n) is 4.92. The Hall–Kier alpha value is -1.77. The van der Waals surface area contributed by atoms with E-state index in [1.807, 2.05) is 6.92 Å². The Bertz CT molecular complexity index is 616. The van der Waals surface area contributed by atoms with Crippen molar-refractivity contribution in [1.29, 1.82) is 0 Å². The maximum Gasteiger partial charge on any atom is 0.338 e. The minimum Gasteiger partial charge on any atom is -0.491 e. The van der Waals surface area contributed by atoms with Crippen molar-refractivity contribution in [3.05, 3.63) is 46.3 Å². The van der Waals surface area contributed by atoms with E-state index in [9.17, 15) is 4.79 Å². The van der Waals surface area contributed by atoms with Crippen LogP contribution in [-0.4, -0.2) is 18.2 Å². The van der Waals surface area contributed by atoms with Crippen LogP contribution in [0, 0.1) is 0 Å². The van der Waals surface area contributed by atoms with Gasteiger partial charge in [-0.15, -0.1) is 0 Å². The lowest BCUT2D eigenvalue weighted by molar-refractivity contribution is -0.140. The number of ether oxygens (including phenoxy) is 2. The quantitative estimate of drug-likeness (QED) is 0.294. The Morgan fingerprint density at radius 2 is 1.67 bits per heavy atom. The van der Waals surface area contributed by atoms with Crippen molar-refractivity contribution in [2.24, 2.45) is 0 Å². The first-order valence-corrected chi connectivity index (χ1v) is 10.3. The molecule has 0 aromatic heterocycles. The number of carbonyl (C=O) groups excluding carboxylic acids is 1. The number of hydrogen-bond acceptors (Lipinski definition) is 3. The molecule has 2 atom stereocenters. The van der Waals surface area contributed by atoms with E-state index < -0.39 is 0 Å². The van der Waals surface area contributed by atoms with E-state index in [-0.39, 0.29) is 18.2 Å². The molecule has 1 aliphatic rings. The molecular formula is C24H38O3. The molecule has 0 fully saturated rings. The van der Waals surface area contributed by atoms with Gasteiger partial charge in [0.05, 0.1) is 11.7 Å². The minimum absolute atomic E-state index is 0.0940. The van der Waals surface area contributed by atoms with Gasteiger partial charge in [-0.3, -0.25) is 0 Å². The smallest absolute Gasteiger partial charge is 0.338 e. The Kier molecular flexibility index (Phi) is 10.2. The van der Waals surface area contributed by atoms with Crippen molar-refractivity contribution >= 4 is 5.97 Å². The van der Waals surface area contributed by atoms with Crippen LogP contribution in [0.2, 0.25) is 0 Å². The van der Waals surface area contributed by atoms with E-state index in [2.05, 4.69) is 52.8 Å². The van der Waals surface area contributed by atoms with Crippen LogP contribution in [-0.2, 0) is 14.3 Å². The molecule has 27 heavy (non-hydrogen) atoms. The summed E-state index contributed by atoms with van der Waals surface area (Å²) in [5, 5.41) is 0. The maximum atomic E-state index is 11.9. The van der Waals surface area contributed by atoms with E-state index in [0.29, 0.717) is 17.8 Å². The molecule has 152 valence electrons. The lowest BCUT2D eigenvalue weighted by atomic mass is 10.0. The standard InChI is InChI=1S/C24H38O3/c1-8-20(6)26-23-21(7)24(25)27-22(23)16-15-19(5)14-10-13-18(4)12-9-11-17(2)3/h11,13,15,20,22H,8-10,12,14,16H2,1-7H3/b18-13+,19-15+. The van der Waals surface area contributed by atoms with Crippen LogP contribution < -0.4 is 0 Å². The maximum absolute atomic E-state index is 11.9. The Morgan fingerprint density at radius 3 is 2.26 bits per heavy atom. The zero-order valence-corrected chi connectivity index (χ0v) is 18.4. The molecule has 0 bridgehead atoms. The zero-order chi connectivity index (χ0) is 20.4.